The smallest absolute Gasteiger partial charge is 0.0410 e. The van der Waals surface area contributed by atoms with E-state index in [9.17, 15) is 0 Å². The molecule has 0 aliphatic carbocycles. The first kappa shape index (κ1) is 15.6. The fourth-order valence-corrected chi connectivity index (χ4v) is 2.46. The topological polar surface area (TPSA) is 29.3 Å². The van der Waals surface area contributed by atoms with Gasteiger partial charge in [-0.25, -0.2) is 0 Å². The molecule has 0 aromatic heterocycles. The van der Waals surface area contributed by atoms with Crippen molar-refractivity contribution >= 4 is 11.4 Å². The Balaban J connectivity index is 2.21. The number of nitrogens with two attached hydrogens (primary N) is 1. The van der Waals surface area contributed by atoms with Crippen LogP contribution >= 0.6 is 0 Å². The third kappa shape index (κ3) is 3.85. The van der Waals surface area contributed by atoms with E-state index in [4.69, 9.17) is 5.73 Å². The van der Waals surface area contributed by atoms with E-state index in [-0.39, 0.29) is 6.04 Å². The Kier molecular flexibility index (Phi) is 5.03. The Morgan fingerprint density at radius 2 is 1.62 bits per heavy atom. The summed E-state index contributed by atoms with van der Waals surface area (Å²) in [6.07, 6.45) is 1.97. The summed E-state index contributed by atoms with van der Waals surface area (Å²) in [4.78, 5) is 2.22. The molecule has 2 nitrogen and oxygen atoms in total. The van der Waals surface area contributed by atoms with Crippen LogP contribution in [0.5, 0.6) is 0 Å². The van der Waals surface area contributed by atoms with E-state index in [0.717, 1.165) is 12.8 Å². The summed E-state index contributed by atoms with van der Waals surface area (Å²) in [6.45, 7) is 6.42. The molecule has 2 aromatic rings. The molecule has 1 atom stereocenters. The van der Waals surface area contributed by atoms with Crippen LogP contribution in [0.25, 0.3) is 0 Å². The number of aryl methyl sites for hydroxylation is 2. The number of benzene rings is 2. The monoisotopic (exact) mass is 282 g/mol. The maximum Gasteiger partial charge on any atom is 0.0410 e. The maximum absolute atomic E-state index is 6.07. The van der Waals surface area contributed by atoms with Crippen molar-refractivity contribution < 1.29 is 0 Å². The third-order valence-electron chi connectivity index (χ3n) is 4.14. The largest absolute Gasteiger partial charge is 0.345 e. The zero-order valence-electron chi connectivity index (χ0n) is 13.6. The van der Waals surface area contributed by atoms with Crippen LogP contribution in [0.2, 0.25) is 0 Å². The molecule has 0 saturated heterocycles. The van der Waals surface area contributed by atoms with Crippen molar-refractivity contribution in [2.45, 2.75) is 39.7 Å². The van der Waals surface area contributed by atoms with Gasteiger partial charge in [-0.2, -0.15) is 0 Å². The van der Waals surface area contributed by atoms with E-state index in [1.54, 1.807) is 0 Å². The van der Waals surface area contributed by atoms with Crippen LogP contribution in [0.1, 0.15) is 30.0 Å². The second-order valence-electron chi connectivity index (χ2n) is 5.88. The molecule has 0 heterocycles. The van der Waals surface area contributed by atoms with Gasteiger partial charge in [0.1, 0.15) is 0 Å². The van der Waals surface area contributed by atoms with Crippen LogP contribution in [0, 0.1) is 13.8 Å². The molecule has 0 fully saturated rings. The summed E-state index contributed by atoms with van der Waals surface area (Å²) < 4.78 is 0. The van der Waals surface area contributed by atoms with Crippen LogP contribution in [-0.2, 0) is 6.42 Å². The van der Waals surface area contributed by atoms with E-state index in [1.165, 1.54) is 28.1 Å². The van der Waals surface area contributed by atoms with Gasteiger partial charge < -0.3 is 10.6 Å². The number of rotatable bonds is 5. The summed E-state index contributed by atoms with van der Waals surface area (Å²) >= 11 is 0. The number of hydrogen-bond donors (Lipinski definition) is 1. The average Bonchev–Trinajstić information content (AvgIpc) is 2.49. The Labute approximate surface area is 128 Å². The van der Waals surface area contributed by atoms with Gasteiger partial charge in [-0.1, -0.05) is 30.7 Å². The van der Waals surface area contributed by atoms with Crippen LogP contribution in [0.15, 0.2) is 42.5 Å². The molecule has 2 aromatic carbocycles. The van der Waals surface area contributed by atoms with Crippen molar-refractivity contribution in [1.82, 2.24) is 0 Å². The minimum atomic E-state index is 0.254. The lowest BCUT2D eigenvalue weighted by atomic mass is 9.99. The van der Waals surface area contributed by atoms with Crippen molar-refractivity contribution in [2.24, 2.45) is 5.73 Å². The highest BCUT2D eigenvalue weighted by Crippen LogP contribution is 2.26. The summed E-state index contributed by atoms with van der Waals surface area (Å²) in [5.74, 6) is 0. The van der Waals surface area contributed by atoms with E-state index in [2.05, 4.69) is 75.2 Å². The molecule has 0 radical (unpaired) electrons. The summed E-state index contributed by atoms with van der Waals surface area (Å²) in [7, 11) is 2.11. The fraction of sp³-hybridized carbons (Fsp3) is 0.368. The molecule has 0 amide bonds. The maximum atomic E-state index is 6.07. The molecule has 0 aliphatic rings. The zero-order valence-corrected chi connectivity index (χ0v) is 13.6. The second kappa shape index (κ2) is 6.77. The lowest BCUT2D eigenvalue weighted by Crippen LogP contribution is -2.22. The van der Waals surface area contributed by atoms with E-state index < -0.39 is 0 Å². The first-order valence-electron chi connectivity index (χ1n) is 7.66. The standard InChI is InChI=1S/C19H26N2/c1-5-17(20)13-16-8-11-19(12-15(16)3)21(4)18-9-6-14(2)7-10-18/h6-12,17H,5,13,20H2,1-4H3. The molecule has 0 aliphatic heterocycles. The highest BCUT2D eigenvalue weighted by atomic mass is 15.1. The van der Waals surface area contributed by atoms with Gasteiger partial charge in [0.15, 0.2) is 0 Å². The van der Waals surface area contributed by atoms with Gasteiger partial charge in [0.2, 0.25) is 0 Å². The van der Waals surface area contributed by atoms with Crippen molar-refractivity contribution in [3.63, 3.8) is 0 Å². The van der Waals surface area contributed by atoms with E-state index >= 15 is 0 Å². The minimum Gasteiger partial charge on any atom is -0.345 e. The molecule has 0 spiro atoms. The average molecular weight is 282 g/mol. The zero-order chi connectivity index (χ0) is 15.4. The number of hydrogen-bond acceptors (Lipinski definition) is 2. The molecule has 1 unspecified atom stereocenters. The van der Waals surface area contributed by atoms with Crippen molar-refractivity contribution in [3.05, 3.63) is 59.2 Å². The van der Waals surface area contributed by atoms with Crippen LogP contribution in [0.3, 0.4) is 0 Å². The predicted octanol–water partition coefficient (Wildman–Crippen LogP) is 4.35. The Morgan fingerprint density at radius 3 is 2.19 bits per heavy atom. The lowest BCUT2D eigenvalue weighted by Gasteiger charge is -2.21. The highest BCUT2D eigenvalue weighted by molar-refractivity contribution is 5.63. The minimum absolute atomic E-state index is 0.254. The molecule has 0 saturated carbocycles. The van der Waals surface area contributed by atoms with Gasteiger partial charge in [0, 0.05) is 24.5 Å². The van der Waals surface area contributed by atoms with Crippen LogP contribution < -0.4 is 10.6 Å². The molecule has 21 heavy (non-hydrogen) atoms. The predicted molar refractivity (Wildman–Crippen MR) is 92.4 cm³/mol. The molecule has 2 rings (SSSR count). The quantitative estimate of drug-likeness (QED) is 0.883. The number of anilines is 2. The molecule has 2 heteroatoms. The molecule has 112 valence electrons. The van der Waals surface area contributed by atoms with Crippen molar-refractivity contribution in [3.8, 4) is 0 Å². The number of nitrogens with zero attached hydrogens (tertiary/aromatic N) is 1. The van der Waals surface area contributed by atoms with Gasteiger partial charge in [0.25, 0.3) is 0 Å². The molecule has 0 bridgehead atoms. The van der Waals surface area contributed by atoms with Gasteiger partial charge in [-0.15, -0.1) is 0 Å². The van der Waals surface area contributed by atoms with Gasteiger partial charge >= 0.3 is 0 Å². The second-order valence-corrected chi connectivity index (χ2v) is 5.88. The summed E-state index contributed by atoms with van der Waals surface area (Å²) in [5.41, 5.74) is 12.4. The Morgan fingerprint density at radius 1 is 1.00 bits per heavy atom. The first-order chi connectivity index (χ1) is 10.0. The van der Waals surface area contributed by atoms with Crippen LogP contribution in [0.4, 0.5) is 11.4 Å². The molecular formula is C19H26N2. The van der Waals surface area contributed by atoms with E-state index in [0.29, 0.717) is 0 Å². The summed E-state index contributed by atoms with van der Waals surface area (Å²) in [6, 6.07) is 15.5. The normalized spacial score (nSPS) is 12.2. The molecular weight excluding hydrogens is 256 g/mol. The SMILES string of the molecule is CCC(N)Cc1ccc(N(C)c2ccc(C)cc2)cc1C. The molecule has 2 N–H and O–H groups in total. The van der Waals surface area contributed by atoms with Gasteiger partial charge in [-0.05, 0) is 62.1 Å². The lowest BCUT2D eigenvalue weighted by molar-refractivity contribution is 0.644. The van der Waals surface area contributed by atoms with E-state index in [1.807, 2.05) is 0 Å². The van der Waals surface area contributed by atoms with Gasteiger partial charge in [-0.3, -0.25) is 0 Å². The summed E-state index contributed by atoms with van der Waals surface area (Å²) in [5, 5.41) is 0. The fourth-order valence-electron chi connectivity index (χ4n) is 2.46. The highest BCUT2D eigenvalue weighted by Gasteiger charge is 2.08. The van der Waals surface area contributed by atoms with Crippen molar-refractivity contribution in [1.29, 1.82) is 0 Å². The Hall–Kier alpha value is -1.80. The first-order valence-corrected chi connectivity index (χ1v) is 7.66. The van der Waals surface area contributed by atoms with Gasteiger partial charge in [0.05, 0.1) is 0 Å². The van der Waals surface area contributed by atoms with Crippen LogP contribution in [-0.4, -0.2) is 13.1 Å². The Bertz CT molecular complexity index is 587. The third-order valence-corrected chi connectivity index (χ3v) is 4.14. The van der Waals surface area contributed by atoms with Crippen molar-refractivity contribution in [2.75, 3.05) is 11.9 Å².